The molecule has 0 fully saturated rings. The quantitative estimate of drug-likeness (QED) is 0.795. The van der Waals surface area contributed by atoms with E-state index < -0.39 is 0 Å². The lowest BCUT2D eigenvalue weighted by Gasteiger charge is -2.30. The van der Waals surface area contributed by atoms with Crippen LogP contribution in [-0.2, 0) is 4.79 Å². The molecule has 1 heterocycles. The Morgan fingerprint density at radius 3 is 2.84 bits per heavy atom. The van der Waals surface area contributed by atoms with Crippen molar-refractivity contribution in [3.63, 3.8) is 0 Å². The van der Waals surface area contributed by atoms with Crippen molar-refractivity contribution < 1.29 is 14.3 Å². The fraction of sp³-hybridized carbons (Fsp3) is 0.500. The van der Waals surface area contributed by atoms with Crippen LogP contribution < -0.4 is 9.47 Å². The second kappa shape index (κ2) is 6.15. The van der Waals surface area contributed by atoms with E-state index in [1.807, 2.05) is 31.2 Å². The van der Waals surface area contributed by atoms with Crippen LogP contribution in [-0.4, -0.2) is 43.0 Å². The van der Waals surface area contributed by atoms with Gasteiger partial charge >= 0.3 is 0 Å². The summed E-state index contributed by atoms with van der Waals surface area (Å²) in [6, 6.07) is 7.54. The van der Waals surface area contributed by atoms with Crippen molar-refractivity contribution >= 4 is 17.5 Å². The summed E-state index contributed by atoms with van der Waals surface area (Å²) in [5.74, 6) is 1.65. The Kier molecular flexibility index (Phi) is 4.53. The standard InChI is InChI=1S/C14H18ClNO3/c1-10(7-15)14(17)16(2)8-11-9-18-12-5-3-4-6-13(12)19-11/h3-6,10-11H,7-9H2,1-2H3. The molecule has 0 radical (unpaired) electrons. The Labute approximate surface area is 118 Å². The van der Waals surface area contributed by atoms with Gasteiger partial charge in [0.2, 0.25) is 5.91 Å². The van der Waals surface area contributed by atoms with Gasteiger partial charge in [0.15, 0.2) is 17.6 Å². The molecule has 2 unspecified atom stereocenters. The highest BCUT2D eigenvalue weighted by atomic mass is 35.5. The summed E-state index contributed by atoms with van der Waals surface area (Å²) in [5, 5.41) is 0. The molecule has 0 saturated heterocycles. The molecular formula is C14H18ClNO3. The number of carbonyl (C=O) groups is 1. The Morgan fingerprint density at radius 1 is 1.47 bits per heavy atom. The number of likely N-dealkylation sites (N-methyl/N-ethyl adjacent to an activating group) is 1. The Balaban J connectivity index is 1.93. The molecule has 0 N–H and O–H groups in total. The van der Waals surface area contributed by atoms with Gasteiger partial charge in [-0.2, -0.15) is 0 Å². The SMILES string of the molecule is CC(CCl)C(=O)N(C)CC1COc2ccccc2O1. The van der Waals surface area contributed by atoms with Crippen LogP contribution in [0, 0.1) is 5.92 Å². The third-order valence-corrected chi connectivity index (χ3v) is 3.54. The average molecular weight is 284 g/mol. The molecule has 1 amide bonds. The first-order valence-corrected chi connectivity index (χ1v) is 6.84. The zero-order valence-electron chi connectivity index (χ0n) is 11.1. The molecule has 0 aliphatic carbocycles. The third kappa shape index (κ3) is 3.32. The first-order chi connectivity index (χ1) is 9.11. The molecule has 0 spiro atoms. The summed E-state index contributed by atoms with van der Waals surface area (Å²) in [6.45, 7) is 2.76. The van der Waals surface area contributed by atoms with E-state index in [-0.39, 0.29) is 17.9 Å². The maximum absolute atomic E-state index is 11.9. The van der Waals surface area contributed by atoms with Crippen molar-refractivity contribution in [2.45, 2.75) is 13.0 Å². The second-order valence-electron chi connectivity index (χ2n) is 4.77. The lowest BCUT2D eigenvalue weighted by Crippen LogP contribution is -2.43. The highest BCUT2D eigenvalue weighted by Crippen LogP contribution is 2.30. The molecule has 4 nitrogen and oxygen atoms in total. The first kappa shape index (κ1) is 14.0. The molecule has 2 rings (SSSR count). The van der Waals surface area contributed by atoms with E-state index in [2.05, 4.69) is 0 Å². The second-order valence-corrected chi connectivity index (χ2v) is 5.08. The van der Waals surface area contributed by atoms with Crippen molar-refractivity contribution in [1.29, 1.82) is 0 Å². The highest BCUT2D eigenvalue weighted by Gasteiger charge is 2.25. The minimum Gasteiger partial charge on any atom is -0.486 e. The zero-order valence-corrected chi connectivity index (χ0v) is 11.9. The first-order valence-electron chi connectivity index (χ1n) is 6.31. The molecule has 2 atom stereocenters. The lowest BCUT2D eigenvalue weighted by atomic mass is 10.2. The normalized spacial score (nSPS) is 18.8. The van der Waals surface area contributed by atoms with Crippen LogP contribution >= 0.6 is 11.6 Å². The summed E-state index contributed by atoms with van der Waals surface area (Å²) in [5.41, 5.74) is 0. The van der Waals surface area contributed by atoms with Gasteiger partial charge in [0.05, 0.1) is 6.54 Å². The summed E-state index contributed by atoms with van der Waals surface area (Å²) < 4.78 is 11.4. The van der Waals surface area contributed by atoms with Crippen molar-refractivity contribution in [3.8, 4) is 11.5 Å². The average Bonchev–Trinajstić information content (AvgIpc) is 2.45. The van der Waals surface area contributed by atoms with Gasteiger partial charge in [0.25, 0.3) is 0 Å². The Hall–Kier alpha value is -1.42. The van der Waals surface area contributed by atoms with Crippen LogP contribution in [0.5, 0.6) is 11.5 Å². The Morgan fingerprint density at radius 2 is 2.16 bits per heavy atom. The van der Waals surface area contributed by atoms with Gasteiger partial charge < -0.3 is 14.4 Å². The minimum atomic E-state index is -0.177. The number of ether oxygens (including phenoxy) is 2. The lowest BCUT2D eigenvalue weighted by molar-refractivity contribution is -0.134. The number of rotatable bonds is 4. The molecule has 19 heavy (non-hydrogen) atoms. The maximum atomic E-state index is 11.9. The topological polar surface area (TPSA) is 38.8 Å². The van der Waals surface area contributed by atoms with E-state index in [0.29, 0.717) is 19.0 Å². The van der Waals surface area contributed by atoms with E-state index in [1.54, 1.807) is 11.9 Å². The maximum Gasteiger partial charge on any atom is 0.226 e. The number of halogens is 1. The monoisotopic (exact) mass is 283 g/mol. The van der Waals surface area contributed by atoms with Crippen molar-refractivity contribution in [2.24, 2.45) is 5.92 Å². The van der Waals surface area contributed by atoms with Gasteiger partial charge in [-0.05, 0) is 12.1 Å². The Bertz CT molecular complexity index is 452. The number of benzene rings is 1. The number of carbonyl (C=O) groups excluding carboxylic acids is 1. The minimum absolute atomic E-state index is 0.0254. The van der Waals surface area contributed by atoms with Crippen LogP contribution in [0.15, 0.2) is 24.3 Å². The van der Waals surface area contributed by atoms with Crippen molar-refractivity contribution in [3.05, 3.63) is 24.3 Å². The summed E-state index contributed by atoms with van der Waals surface area (Å²) in [7, 11) is 1.76. The number of hydrogen-bond donors (Lipinski definition) is 0. The third-order valence-electron chi connectivity index (χ3n) is 3.07. The van der Waals surface area contributed by atoms with Gasteiger partial charge in [-0.15, -0.1) is 11.6 Å². The molecule has 0 bridgehead atoms. The number of alkyl halides is 1. The molecule has 1 aromatic rings. The van der Waals surface area contributed by atoms with E-state index >= 15 is 0 Å². The molecular weight excluding hydrogens is 266 g/mol. The van der Waals surface area contributed by atoms with Gasteiger partial charge in [0, 0.05) is 18.8 Å². The van der Waals surface area contributed by atoms with E-state index in [4.69, 9.17) is 21.1 Å². The van der Waals surface area contributed by atoms with E-state index in [9.17, 15) is 4.79 Å². The van der Waals surface area contributed by atoms with Crippen LogP contribution in [0.1, 0.15) is 6.92 Å². The highest BCUT2D eigenvalue weighted by molar-refractivity contribution is 6.19. The molecule has 0 aromatic heterocycles. The number of hydrogen-bond acceptors (Lipinski definition) is 3. The van der Waals surface area contributed by atoms with Crippen LogP contribution in [0.25, 0.3) is 0 Å². The van der Waals surface area contributed by atoms with Crippen LogP contribution in [0.2, 0.25) is 0 Å². The molecule has 104 valence electrons. The number of para-hydroxylation sites is 2. The molecule has 1 aliphatic rings. The number of nitrogens with zero attached hydrogens (tertiary/aromatic N) is 1. The molecule has 1 aromatic carbocycles. The predicted octanol–water partition coefficient (Wildman–Crippen LogP) is 2.16. The zero-order chi connectivity index (χ0) is 13.8. The predicted molar refractivity (Wildman–Crippen MR) is 73.9 cm³/mol. The summed E-state index contributed by atoms with van der Waals surface area (Å²) in [4.78, 5) is 13.6. The number of amides is 1. The fourth-order valence-corrected chi connectivity index (χ4v) is 2.12. The largest absolute Gasteiger partial charge is 0.486 e. The molecule has 0 saturated carbocycles. The van der Waals surface area contributed by atoms with Crippen molar-refractivity contribution in [1.82, 2.24) is 4.90 Å². The fourth-order valence-electron chi connectivity index (χ4n) is 1.99. The van der Waals surface area contributed by atoms with Crippen LogP contribution in [0.4, 0.5) is 0 Å². The van der Waals surface area contributed by atoms with E-state index in [0.717, 1.165) is 11.5 Å². The van der Waals surface area contributed by atoms with Gasteiger partial charge in [-0.3, -0.25) is 4.79 Å². The summed E-state index contributed by atoms with van der Waals surface area (Å²) >= 11 is 5.70. The smallest absolute Gasteiger partial charge is 0.226 e. The van der Waals surface area contributed by atoms with E-state index in [1.165, 1.54) is 0 Å². The number of fused-ring (bicyclic) bond motifs is 1. The molecule has 1 aliphatic heterocycles. The van der Waals surface area contributed by atoms with Gasteiger partial charge in [-0.25, -0.2) is 0 Å². The molecule has 5 heteroatoms. The van der Waals surface area contributed by atoms with Crippen LogP contribution in [0.3, 0.4) is 0 Å². The summed E-state index contributed by atoms with van der Waals surface area (Å²) in [6.07, 6.45) is -0.147. The van der Waals surface area contributed by atoms with Gasteiger partial charge in [-0.1, -0.05) is 19.1 Å². The van der Waals surface area contributed by atoms with Gasteiger partial charge in [0.1, 0.15) is 6.61 Å². The van der Waals surface area contributed by atoms with Crippen molar-refractivity contribution in [2.75, 3.05) is 26.1 Å².